The van der Waals surface area contributed by atoms with E-state index in [1.807, 2.05) is 0 Å². The van der Waals surface area contributed by atoms with Gasteiger partial charge in [-0.05, 0) is 31.3 Å². The lowest BCUT2D eigenvalue weighted by atomic mass is 9.98. The van der Waals surface area contributed by atoms with Gasteiger partial charge in [0.1, 0.15) is 5.76 Å². The van der Waals surface area contributed by atoms with Gasteiger partial charge in [0.2, 0.25) is 0 Å². The van der Waals surface area contributed by atoms with Crippen molar-refractivity contribution in [1.82, 2.24) is 10.3 Å². The molecule has 16 heavy (non-hydrogen) atoms. The largest absolute Gasteiger partial charge is 0.445 e. The predicted molar refractivity (Wildman–Crippen MR) is 66.2 cm³/mol. The molecule has 2 aliphatic heterocycles. The molecule has 1 N–H and O–H groups in total. The second-order valence-corrected chi connectivity index (χ2v) is 5.96. The van der Waals surface area contributed by atoms with Crippen molar-refractivity contribution in [2.75, 3.05) is 24.6 Å². The Labute approximate surface area is 100 Å². The second-order valence-electron chi connectivity index (χ2n) is 4.74. The average Bonchev–Trinajstić information content (AvgIpc) is 2.59. The SMILES string of the molecule is Cc1oc(C2CNC2)nc1C1CCSCC1. The molecule has 0 aliphatic carbocycles. The van der Waals surface area contributed by atoms with Crippen molar-refractivity contribution in [1.29, 1.82) is 0 Å². The highest BCUT2D eigenvalue weighted by Gasteiger charge is 2.28. The number of nitrogens with zero attached hydrogens (tertiary/aromatic N) is 1. The van der Waals surface area contributed by atoms with Crippen molar-refractivity contribution in [2.45, 2.75) is 31.6 Å². The van der Waals surface area contributed by atoms with E-state index >= 15 is 0 Å². The molecule has 0 amide bonds. The fraction of sp³-hybridized carbons (Fsp3) is 0.750. The van der Waals surface area contributed by atoms with Crippen LogP contribution < -0.4 is 5.32 Å². The summed E-state index contributed by atoms with van der Waals surface area (Å²) in [5.74, 6) is 5.73. The van der Waals surface area contributed by atoms with Crippen LogP contribution in [0.15, 0.2) is 4.42 Å². The lowest BCUT2D eigenvalue weighted by Gasteiger charge is -2.23. The van der Waals surface area contributed by atoms with E-state index in [0.717, 1.165) is 24.7 Å². The van der Waals surface area contributed by atoms with Gasteiger partial charge in [-0.3, -0.25) is 0 Å². The standard InChI is InChI=1S/C12H18N2OS/c1-8-11(9-2-4-16-5-3-9)14-12(15-8)10-6-13-7-10/h9-10,13H,2-7H2,1H3. The van der Waals surface area contributed by atoms with Crippen LogP contribution in [0.5, 0.6) is 0 Å². The van der Waals surface area contributed by atoms with E-state index in [4.69, 9.17) is 9.40 Å². The number of nitrogens with one attached hydrogen (secondary N) is 1. The van der Waals surface area contributed by atoms with Gasteiger partial charge < -0.3 is 9.73 Å². The van der Waals surface area contributed by atoms with E-state index < -0.39 is 0 Å². The van der Waals surface area contributed by atoms with Crippen molar-refractivity contribution in [3.63, 3.8) is 0 Å². The molecular formula is C12H18N2OS. The van der Waals surface area contributed by atoms with Crippen LogP contribution in [-0.4, -0.2) is 29.6 Å². The smallest absolute Gasteiger partial charge is 0.200 e. The van der Waals surface area contributed by atoms with Crippen molar-refractivity contribution < 1.29 is 4.42 Å². The van der Waals surface area contributed by atoms with E-state index in [2.05, 4.69) is 24.0 Å². The Morgan fingerprint density at radius 3 is 2.62 bits per heavy atom. The average molecular weight is 238 g/mol. The second kappa shape index (κ2) is 4.41. The molecule has 0 saturated carbocycles. The first-order valence-electron chi connectivity index (χ1n) is 6.10. The summed E-state index contributed by atoms with van der Waals surface area (Å²) in [6.07, 6.45) is 2.53. The molecule has 3 nitrogen and oxygen atoms in total. The zero-order chi connectivity index (χ0) is 11.0. The van der Waals surface area contributed by atoms with Gasteiger partial charge in [0.25, 0.3) is 0 Å². The summed E-state index contributed by atoms with van der Waals surface area (Å²) in [5, 5.41) is 3.26. The molecule has 0 bridgehead atoms. The van der Waals surface area contributed by atoms with Crippen LogP contribution in [0, 0.1) is 6.92 Å². The topological polar surface area (TPSA) is 38.1 Å². The van der Waals surface area contributed by atoms with E-state index in [1.165, 1.54) is 30.0 Å². The Balaban J connectivity index is 1.79. The van der Waals surface area contributed by atoms with Crippen LogP contribution in [0.3, 0.4) is 0 Å². The van der Waals surface area contributed by atoms with Gasteiger partial charge in [-0.15, -0.1) is 0 Å². The van der Waals surface area contributed by atoms with E-state index in [0.29, 0.717) is 11.8 Å². The maximum atomic E-state index is 5.81. The molecule has 2 saturated heterocycles. The number of aromatic nitrogens is 1. The van der Waals surface area contributed by atoms with Gasteiger partial charge in [-0.1, -0.05) is 0 Å². The quantitative estimate of drug-likeness (QED) is 0.858. The van der Waals surface area contributed by atoms with Gasteiger partial charge >= 0.3 is 0 Å². The first-order chi connectivity index (χ1) is 7.84. The van der Waals surface area contributed by atoms with Crippen molar-refractivity contribution in [3.05, 3.63) is 17.3 Å². The summed E-state index contributed by atoms with van der Waals surface area (Å²) < 4.78 is 5.81. The molecule has 0 unspecified atom stereocenters. The fourth-order valence-electron chi connectivity index (χ4n) is 2.42. The number of rotatable bonds is 2. The highest BCUT2D eigenvalue weighted by atomic mass is 32.2. The molecule has 2 aliphatic rings. The third-order valence-electron chi connectivity index (χ3n) is 3.59. The van der Waals surface area contributed by atoms with Gasteiger partial charge in [-0.2, -0.15) is 11.8 Å². The van der Waals surface area contributed by atoms with E-state index in [9.17, 15) is 0 Å². The van der Waals surface area contributed by atoms with Crippen molar-refractivity contribution in [2.24, 2.45) is 0 Å². The molecule has 4 heteroatoms. The number of hydrogen-bond donors (Lipinski definition) is 1. The minimum atomic E-state index is 0.519. The highest BCUT2D eigenvalue weighted by molar-refractivity contribution is 7.99. The van der Waals surface area contributed by atoms with E-state index in [1.54, 1.807) is 0 Å². The minimum absolute atomic E-state index is 0.519. The van der Waals surface area contributed by atoms with Gasteiger partial charge in [0, 0.05) is 19.0 Å². The molecule has 0 atom stereocenters. The lowest BCUT2D eigenvalue weighted by Crippen LogP contribution is -2.40. The van der Waals surface area contributed by atoms with Gasteiger partial charge in [-0.25, -0.2) is 4.98 Å². The van der Waals surface area contributed by atoms with Crippen LogP contribution in [0.1, 0.15) is 42.0 Å². The first kappa shape index (κ1) is 10.7. The number of hydrogen-bond acceptors (Lipinski definition) is 4. The summed E-state index contributed by atoms with van der Waals surface area (Å²) in [4.78, 5) is 4.74. The van der Waals surface area contributed by atoms with Crippen LogP contribution in [0.25, 0.3) is 0 Å². The Bertz CT molecular complexity index is 367. The van der Waals surface area contributed by atoms with Crippen LogP contribution >= 0.6 is 11.8 Å². The van der Waals surface area contributed by atoms with Gasteiger partial charge in [0.05, 0.1) is 11.6 Å². The molecule has 0 spiro atoms. The summed E-state index contributed by atoms with van der Waals surface area (Å²) in [7, 11) is 0. The fourth-order valence-corrected chi connectivity index (χ4v) is 3.52. The molecule has 0 aromatic carbocycles. The monoisotopic (exact) mass is 238 g/mol. The maximum absolute atomic E-state index is 5.81. The molecular weight excluding hydrogens is 220 g/mol. The van der Waals surface area contributed by atoms with Gasteiger partial charge in [0.15, 0.2) is 5.89 Å². The van der Waals surface area contributed by atoms with Crippen molar-refractivity contribution >= 4 is 11.8 Å². The van der Waals surface area contributed by atoms with E-state index in [-0.39, 0.29) is 0 Å². The van der Waals surface area contributed by atoms with Crippen LogP contribution in [0.4, 0.5) is 0 Å². The van der Waals surface area contributed by atoms with Crippen LogP contribution in [-0.2, 0) is 0 Å². The maximum Gasteiger partial charge on any atom is 0.200 e. The minimum Gasteiger partial charge on any atom is -0.445 e. The normalized spacial score (nSPS) is 23.3. The summed E-state index contributed by atoms with van der Waals surface area (Å²) in [6.45, 7) is 4.12. The summed E-state index contributed by atoms with van der Waals surface area (Å²) in [6, 6.07) is 0. The molecule has 0 radical (unpaired) electrons. The number of oxazole rings is 1. The molecule has 1 aromatic rings. The summed E-state index contributed by atoms with van der Waals surface area (Å²) in [5.41, 5.74) is 1.24. The zero-order valence-corrected chi connectivity index (χ0v) is 10.5. The molecule has 1 aromatic heterocycles. The molecule has 2 fully saturated rings. The number of aryl methyl sites for hydroxylation is 1. The lowest BCUT2D eigenvalue weighted by molar-refractivity contribution is 0.350. The molecule has 3 rings (SSSR count). The third kappa shape index (κ3) is 1.89. The van der Waals surface area contributed by atoms with Crippen LogP contribution in [0.2, 0.25) is 0 Å². The molecule has 88 valence electrons. The Morgan fingerprint density at radius 2 is 2.00 bits per heavy atom. The molecule has 3 heterocycles. The Morgan fingerprint density at radius 1 is 1.25 bits per heavy atom. The number of thioether (sulfide) groups is 1. The Kier molecular flexibility index (Phi) is 2.94. The Hall–Kier alpha value is -0.480. The predicted octanol–water partition coefficient (Wildman–Crippen LogP) is 2.28. The first-order valence-corrected chi connectivity index (χ1v) is 7.25. The third-order valence-corrected chi connectivity index (χ3v) is 4.64. The zero-order valence-electron chi connectivity index (χ0n) is 9.66. The summed E-state index contributed by atoms with van der Waals surface area (Å²) >= 11 is 2.06. The van der Waals surface area contributed by atoms with Crippen molar-refractivity contribution in [3.8, 4) is 0 Å². The highest BCUT2D eigenvalue weighted by Crippen LogP contribution is 2.34.